The molecule has 0 atom stereocenters. The summed E-state index contributed by atoms with van der Waals surface area (Å²) in [6, 6.07) is 11.0. The number of rotatable bonds is 2. The summed E-state index contributed by atoms with van der Waals surface area (Å²) in [5.41, 5.74) is 0.641. The first-order valence-electron chi connectivity index (χ1n) is 5.68. The molecule has 0 bridgehead atoms. The third-order valence-corrected chi connectivity index (χ3v) is 2.95. The number of carboxylic acids is 1. The zero-order chi connectivity index (χ0) is 13.4. The van der Waals surface area contributed by atoms with Crippen molar-refractivity contribution >= 4 is 16.7 Å². The Balaban J connectivity index is 2.36. The van der Waals surface area contributed by atoms with Crippen molar-refractivity contribution in [3.63, 3.8) is 0 Å². The second-order valence-electron chi connectivity index (χ2n) is 4.16. The zero-order valence-corrected chi connectivity index (χ0v) is 10.1. The van der Waals surface area contributed by atoms with Crippen molar-refractivity contribution in [3.8, 4) is 5.69 Å². The molecule has 0 amide bonds. The van der Waals surface area contributed by atoms with E-state index < -0.39 is 5.97 Å². The minimum absolute atomic E-state index is 0.175. The summed E-state index contributed by atoms with van der Waals surface area (Å²) in [5, 5.41) is 22.3. The maximum absolute atomic E-state index is 11.4. The number of carboxylic acid groups (broad SMARTS) is 1. The number of aromatic nitrogens is 4. The molecule has 94 valence electrons. The molecule has 3 rings (SSSR count). The molecular formula is C13H10N4O2. The number of hydrogen-bond donors (Lipinski definition) is 1. The standard InChI is InChI=1S/C13H10N4O2/c1-8-14-15-16-17(8)12-7-10-5-3-2-4-9(10)6-11(12)13(18)19/h2-7H,1H3,(H,18,19). The molecule has 0 aliphatic rings. The van der Waals surface area contributed by atoms with Gasteiger partial charge in [-0.25, -0.2) is 4.79 Å². The number of hydrogen-bond acceptors (Lipinski definition) is 4. The molecule has 1 aromatic heterocycles. The molecule has 6 nitrogen and oxygen atoms in total. The largest absolute Gasteiger partial charge is 0.478 e. The van der Waals surface area contributed by atoms with Gasteiger partial charge in [-0.3, -0.25) is 0 Å². The first-order chi connectivity index (χ1) is 9.16. The highest BCUT2D eigenvalue weighted by atomic mass is 16.4. The van der Waals surface area contributed by atoms with Crippen molar-refractivity contribution in [1.82, 2.24) is 20.2 Å². The summed E-state index contributed by atoms with van der Waals surface area (Å²) in [7, 11) is 0. The Morgan fingerprint density at radius 2 is 1.89 bits per heavy atom. The van der Waals surface area contributed by atoms with Gasteiger partial charge in [-0.05, 0) is 40.3 Å². The van der Waals surface area contributed by atoms with E-state index >= 15 is 0 Å². The maximum atomic E-state index is 11.4. The normalized spacial score (nSPS) is 10.8. The third kappa shape index (κ3) is 1.83. The molecule has 0 aliphatic carbocycles. The van der Waals surface area contributed by atoms with Crippen molar-refractivity contribution in [2.24, 2.45) is 0 Å². The Labute approximate surface area is 108 Å². The van der Waals surface area contributed by atoms with Gasteiger partial charge in [-0.2, -0.15) is 4.68 Å². The van der Waals surface area contributed by atoms with E-state index in [4.69, 9.17) is 0 Å². The molecule has 1 heterocycles. The molecule has 3 aromatic rings. The van der Waals surface area contributed by atoms with Crippen LogP contribution >= 0.6 is 0 Å². The number of carbonyl (C=O) groups is 1. The maximum Gasteiger partial charge on any atom is 0.337 e. The van der Waals surface area contributed by atoms with E-state index in [1.54, 1.807) is 19.1 Å². The Morgan fingerprint density at radius 3 is 2.47 bits per heavy atom. The van der Waals surface area contributed by atoms with Gasteiger partial charge in [0.1, 0.15) is 0 Å². The molecule has 2 aromatic carbocycles. The number of fused-ring (bicyclic) bond motifs is 1. The quantitative estimate of drug-likeness (QED) is 0.754. The molecule has 0 radical (unpaired) electrons. The first-order valence-corrected chi connectivity index (χ1v) is 5.68. The molecule has 0 aliphatic heterocycles. The van der Waals surface area contributed by atoms with E-state index in [2.05, 4.69) is 15.5 Å². The molecule has 0 spiro atoms. The van der Waals surface area contributed by atoms with Gasteiger partial charge in [0.25, 0.3) is 0 Å². The lowest BCUT2D eigenvalue weighted by molar-refractivity contribution is 0.0697. The predicted octanol–water partition coefficient (Wildman–Crippen LogP) is 1.82. The summed E-state index contributed by atoms with van der Waals surface area (Å²) in [4.78, 5) is 11.4. The molecule has 19 heavy (non-hydrogen) atoms. The Morgan fingerprint density at radius 1 is 1.21 bits per heavy atom. The number of tetrazole rings is 1. The number of aryl methyl sites for hydroxylation is 1. The fourth-order valence-corrected chi connectivity index (χ4v) is 2.03. The van der Waals surface area contributed by atoms with Crippen LogP contribution in [-0.2, 0) is 0 Å². The van der Waals surface area contributed by atoms with Crippen molar-refractivity contribution in [1.29, 1.82) is 0 Å². The van der Waals surface area contributed by atoms with Gasteiger partial charge in [0.15, 0.2) is 5.82 Å². The van der Waals surface area contributed by atoms with Crippen molar-refractivity contribution in [2.45, 2.75) is 6.92 Å². The molecule has 6 heteroatoms. The first kappa shape index (κ1) is 11.3. The predicted molar refractivity (Wildman–Crippen MR) is 68.4 cm³/mol. The van der Waals surface area contributed by atoms with Gasteiger partial charge in [-0.15, -0.1) is 5.10 Å². The highest BCUT2D eigenvalue weighted by molar-refractivity contribution is 5.98. The summed E-state index contributed by atoms with van der Waals surface area (Å²) in [6.45, 7) is 1.72. The Bertz CT molecular complexity index is 779. The van der Waals surface area contributed by atoms with Crippen LogP contribution < -0.4 is 0 Å². The van der Waals surface area contributed by atoms with Crippen LogP contribution in [0.4, 0.5) is 0 Å². The summed E-state index contributed by atoms with van der Waals surface area (Å²) >= 11 is 0. The van der Waals surface area contributed by atoms with E-state index in [0.29, 0.717) is 11.5 Å². The van der Waals surface area contributed by atoms with Gasteiger partial charge >= 0.3 is 5.97 Å². The monoisotopic (exact) mass is 254 g/mol. The molecule has 0 fully saturated rings. The smallest absolute Gasteiger partial charge is 0.337 e. The van der Waals surface area contributed by atoms with Crippen LogP contribution in [0, 0.1) is 6.92 Å². The van der Waals surface area contributed by atoms with Crippen LogP contribution in [-0.4, -0.2) is 31.3 Å². The average Bonchev–Trinajstić information content (AvgIpc) is 2.83. The van der Waals surface area contributed by atoms with Gasteiger partial charge in [-0.1, -0.05) is 24.3 Å². The fourth-order valence-electron chi connectivity index (χ4n) is 2.03. The zero-order valence-electron chi connectivity index (χ0n) is 10.1. The lowest BCUT2D eigenvalue weighted by Gasteiger charge is -2.08. The SMILES string of the molecule is Cc1nnnn1-c1cc2ccccc2cc1C(=O)O. The van der Waals surface area contributed by atoms with Crippen LogP contribution in [0.3, 0.4) is 0 Å². The second-order valence-corrected chi connectivity index (χ2v) is 4.16. The summed E-state index contributed by atoms with van der Waals surface area (Å²) in [6.07, 6.45) is 0. The summed E-state index contributed by atoms with van der Waals surface area (Å²) in [5.74, 6) is -0.464. The van der Waals surface area contributed by atoms with Gasteiger partial charge < -0.3 is 5.11 Å². The molecule has 0 unspecified atom stereocenters. The minimum Gasteiger partial charge on any atom is -0.478 e. The molecule has 0 saturated heterocycles. The van der Waals surface area contributed by atoms with Crippen molar-refractivity contribution in [2.75, 3.05) is 0 Å². The molecular weight excluding hydrogens is 244 g/mol. The molecule has 1 N–H and O–H groups in total. The van der Waals surface area contributed by atoms with Crippen LogP contribution in [0.25, 0.3) is 16.5 Å². The van der Waals surface area contributed by atoms with Gasteiger partial charge in [0, 0.05) is 0 Å². The fraction of sp³-hybridized carbons (Fsp3) is 0.0769. The molecule has 0 saturated carbocycles. The second kappa shape index (κ2) is 4.16. The van der Waals surface area contributed by atoms with E-state index in [1.165, 1.54) is 4.68 Å². The number of benzene rings is 2. The van der Waals surface area contributed by atoms with Crippen LogP contribution in [0.2, 0.25) is 0 Å². The highest BCUT2D eigenvalue weighted by Crippen LogP contribution is 2.23. The van der Waals surface area contributed by atoms with E-state index in [0.717, 1.165) is 10.8 Å². The van der Waals surface area contributed by atoms with E-state index in [-0.39, 0.29) is 5.56 Å². The van der Waals surface area contributed by atoms with Crippen LogP contribution in [0.5, 0.6) is 0 Å². The van der Waals surface area contributed by atoms with Gasteiger partial charge in [0.2, 0.25) is 0 Å². The van der Waals surface area contributed by atoms with Crippen molar-refractivity contribution < 1.29 is 9.90 Å². The Hall–Kier alpha value is -2.76. The van der Waals surface area contributed by atoms with E-state index in [9.17, 15) is 9.90 Å². The van der Waals surface area contributed by atoms with Gasteiger partial charge in [0.05, 0.1) is 11.3 Å². The van der Waals surface area contributed by atoms with E-state index in [1.807, 2.05) is 24.3 Å². The van der Waals surface area contributed by atoms with Crippen LogP contribution in [0.1, 0.15) is 16.2 Å². The lowest BCUT2D eigenvalue weighted by atomic mass is 10.0. The average molecular weight is 254 g/mol. The third-order valence-electron chi connectivity index (χ3n) is 2.95. The number of aromatic carboxylic acids is 1. The lowest BCUT2D eigenvalue weighted by Crippen LogP contribution is -2.08. The highest BCUT2D eigenvalue weighted by Gasteiger charge is 2.15. The van der Waals surface area contributed by atoms with Crippen molar-refractivity contribution in [3.05, 3.63) is 47.8 Å². The summed E-state index contributed by atoms with van der Waals surface area (Å²) < 4.78 is 1.43. The minimum atomic E-state index is -1.00. The van der Waals surface area contributed by atoms with Crippen LogP contribution in [0.15, 0.2) is 36.4 Å². The topological polar surface area (TPSA) is 80.9 Å². The number of nitrogens with zero attached hydrogens (tertiary/aromatic N) is 4. The Kier molecular flexibility index (Phi) is 2.49.